The van der Waals surface area contributed by atoms with Crippen molar-refractivity contribution in [1.82, 2.24) is 5.32 Å². The summed E-state index contributed by atoms with van der Waals surface area (Å²) in [6, 6.07) is -0.996. The van der Waals surface area contributed by atoms with E-state index >= 15 is 0 Å². The van der Waals surface area contributed by atoms with E-state index in [9.17, 15) is 35.4 Å². The molecule has 1 amide bonds. The zero-order valence-electron chi connectivity index (χ0n) is 34.2. The Morgan fingerprint density at radius 1 is 0.717 bits per heavy atom. The fourth-order valence-corrected chi connectivity index (χ4v) is 6.73. The van der Waals surface area contributed by atoms with Crippen LogP contribution in [0.25, 0.3) is 0 Å². The van der Waals surface area contributed by atoms with Gasteiger partial charge in [-0.05, 0) is 50.9 Å². The minimum atomic E-state index is -1.61. The van der Waals surface area contributed by atoms with Crippen LogP contribution in [-0.2, 0) is 14.3 Å². The highest BCUT2D eigenvalue weighted by molar-refractivity contribution is 5.80. The van der Waals surface area contributed by atoms with Gasteiger partial charge in [-0.1, -0.05) is 154 Å². The van der Waals surface area contributed by atoms with Gasteiger partial charge >= 0.3 is 0 Å². The number of unbranched alkanes of at least 4 members (excludes halogenated alkanes) is 14. The number of carbonyl (C=O) groups is 1. The smallest absolute Gasteiger partial charge is 0.249 e. The lowest BCUT2D eigenvalue weighted by atomic mass is 9.99. The van der Waals surface area contributed by atoms with E-state index in [1.807, 2.05) is 6.08 Å². The van der Waals surface area contributed by atoms with Gasteiger partial charge in [-0.2, -0.15) is 0 Å². The maximum Gasteiger partial charge on any atom is 0.249 e. The molecular weight excluding hydrogens is 674 g/mol. The number of hydrogen-bond acceptors (Lipinski definition) is 9. The molecule has 0 bridgehead atoms. The molecule has 0 spiro atoms. The highest BCUT2D eigenvalue weighted by Gasteiger charge is 2.44. The summed E-state index contributed by atoms with van der Waals surface area (Å²) in [6.07, 6.45) is 19.3. The molecule has 10 heteroatoms. The van der Waals surface area contributed by atoms with Crippen molar-refractivity contribution in [2.75, 3.05) is 13.2 Å². The van der Waals surface area contributed by atoms with E-state index in [0.29, 0.717) is 19.3 Å². The van der Waals surface area contributed by atoms with Crippen LogP contribution >= 0.6 is 0 Å². The predicted octanol–water partition coefficient (Wildman–Crippen LogP) is 7.02. The van der Waals surface area contributed by atoms with Gasteiger partial charge in [-0.3, -0.25) is 4.79 Å². The third-order valence-corrected chi connectivity index (χ3v) is 10.4. The van der Waals surface area contributed by atoms with Crippen molar-refractivity contribution < 1.29 is 44.9 Å². The number of allylic oxidation sites excluding steroid dienone is 3. The normalized spacial score (nSPS) is 22.9. The summed E-state index contributed by atoms with van der Waals surface area (Å²) in [5.74, 6) is 0.937. The van der Waals surface area contributed by atoms with Gasteiger partial charge in [0.1, 0.15) is 30.5 Å². The molecule has 8 atom stereocenters. The standard InChI is InChI=1S/C43H81NO9/c1-32(2)24-18-13-10-8-6-7-9-11-16-22-29-37(47)42(51)44-35(31-52-43-41(50)40(49)39(48)38(30-45)53-43)36(46)28-23-17-21-27-34(5)26-20-15-12-14-19-25-33(3)4/h23,27-28,32-33,35-41,43,45-50H,6-22,24-26,29-31H2,1-5H3,(H,44,51). The van der Waals surface area contributed by atoms with Crippen molar-refractivity contribution in [2.24, 2.45) is 11.8 Å². The number of rotatable bonds is 32. The summed E-state index contributed by atoms with van der Waals surface area (Å²) in [5.41, 5.74) is 1.36. The lowest BCUT2D eigenvalue weighted by Crippen LogP contribution is -2.60. The van der Waals surface area contributed by atoms with Crippen molar-refractivity contribution in [2.45, 2.75) is 218 Å². The Balaban J connectivity index is 2.57. The SMILES string of the molecule is CC(=CCCC=CC(O)C(COC1OC(CO)C(O)C(O)C1O)NC(=O)C(O)CCCCCCCCCCCCC(C)C)CCCCCCCC(C)C. The zero-order chi connectivity index (χ0) is 39.4. The summed E-state index contributed by atoms with van der Waals surface area (Å²) < 4.78 is 11.1. The molecule has 8 unspecified atom stereocenters. The molecule has 1 aliphatic heterocycles. The van der Waals surface area contributed by atoms with Crippen LogP contribution in [0.2, 0.25) is 0 Å². The fraction of sp³-hybridized carbons (Fsp3) is 0.884. The molecular formula is C43H81NO9. The van der Waals surface area contributed by atoms with Gasteiger partial charge in [0.05, 0.1) is 25.4 Å². The van der Waals surface area contributed by atoms with Gasteiger partial charge in [0.25, 0.3) is 0 Å². The highest BCUT2D eigenvalue weighted by atomic mass is 16.7. The molecule has 0 aromatic carbocycles. The average Bonchev–Trinajstić information content (AvgIpc) is 3.12. The van der Waals surface area contributed by atoms with E-state index < -0.39 is 61.5 Å². The number of hydrogen-bond donors (Lipinski definition) is 7. The van der Waals surface area contributed by atoms with E-state index in [4.69, 9.17) is 9.47 Å². The Labute approximate surface area is 322 Å². The van der Waals surface area contributed by atoms with Gasteiger partial charge in [-0.25, -0.2) is 0 Å². The Bertz CT molecular complexity index is 956. The van der Waals surface area contributed by atoms with Crippen LogP contribution in [0.15, 0.2) is 23.8 Å². The monoisotopic (exact) mass is 756 g/mol. The highest BCUT2D eigenvalue weighted by Crippen LogP contribution is 2.23. The third-order valence-electron chi connectivity index (χ3n) is 10.4. The van der Waals surface area contributed by atoms with Crippen molar-refractivity contribution in [3.05, 3.63) is 23.8 Å². The molecule has 0 aliphatic carbocycles. The first-order valence-corrected chi connectivity index (χ1v) is 21.3. The summed E-state index contributed by atoms with van der Waals surface area (Å²) >= 11 is 0. The van der Waals surface area contributed by atoms with Crippen molar-refractivity contribution in [1.29, 1.82) is 0 Å². The van der Waals surface area contributed by atoms with Crippen LogP contribution < -0.4 is 5.32 Å². The maximum atomic E-state index is 13.0. The quantitative estimate of drug-likeness (QED) is 0.0282. The van der Waals surface area contributed by atoms with E-state index in [1.165, 1.54) is 89.0 Å². The predicted molar refractivity (Wildman–Crippen MR) is 213 cm³/mol. The fourth-order valence-electron chi connectivity index (χ4n) is 6.73. The lowest BCUT2D eigenvalue weighted by Gasteiger charge is -2.40. The van der Waals surface area contributed by atoms with Crippen LogP contribution in [-0.4, -0.2) is 98.7 Å². The van der Waals surface area contributed by atoms with Crippen molar-refractivity contribution in [3.63, 3.8) is 0 Å². The van der Waals surface area contributed by atoms with Crippen LogP contribution in [0.3, 0.4) is 0 Å². The van der Waals surface area contributed by atoms with E-state index in [2.05, 4.69) is 46.0 Å². The molecule has 0 radical (unpaired) electrons. The minimum absolute atomic E-state index is 0.303. The van der Waals surface area contributed by atoms with E-state index in [1.54, 1.807) is 6.08 Å². The Morgan fingerprint density at radius 3 is 1.75 bits per heavy atom. The molecule has 0 aromatic heterocycles. The van der Waals surface area contributed by atoms with Crippen LogP contribution in [0.1, 0.15) is 169 Å². The summed E-state index contributed by atoms with van der Waals surface area (Å²) in [7, 11) is 0. The van der Waals surface area contributed by atoms with Gasteiger partial charge in [-0.15, -0.1) is 0 Å². The first-order valence-electron chi connectivity index (χ1n) is 21.3. The lowest BCUT2D eigenvalue weighted by molar-refractivity contribution is -0.302. The molecule has 7 N–H and O–H groups in total. The Hall–Kier alpha value is -1.37. The Morgan fingerprint density at radius 2 is 1.23 bits per heavy atom. The summed E-state index contributed by atoms with van der Waals surface area (Å²) in [4.78, 5) is 13.0. The molecule has 10 nitrogen and oxygen atoms in total. The minimum Gasteiger partial charge on any atom is -0.394 e. The van der Waals surface area contributed by atoms with Gasteiger partial charge in [0, 0.05) is 0 Å². The molecule has 1 heterocycles. The van der Waals surface area contributed by atoms with Crippen molar-refractivity contribution >= 4 is 5.91 Å². The second kappa shape index (κ2) is 30.8. The molecule has 53 heavy (non-hydrogen) atoms. The molecule has 0 saturated carbocycles. The van der Waals surface area contributed by atoms with Gasteiger partial charge in [0.2, 0.25) is 5.91 Å². The average molecular weight is 756 g/mol. The number of aliphatic hydroxyl groups excluding tert-OH is 6. The summed E-state index contributed by atoms with van der Waals surface area (Å²) in [6.45, 7) is 10.3. The first-order chi connectivity index (χ1) is 25.4. The largest absolute Gasteiger partial charge is 0.394 e. The second-order valence-electron chi connectivity index (χ2n) is 16.4. The van der Waals surface area contributed by atoms with Crippen molar-refractivity contribution in [3.8, 4) is 0 Å². The number of carbonyl (C=O) groups excluding carboxylic acids is 1. The molecule has 1 rings (SSSR count). The molecule has 1 fully saturated rings. The third kappa shape index (κ3) is 24.0. The molecule has 312 valence electrons. The summed E-state index contributed by atoms with van der Waals surface area (Å²) in [5, 5.41) is 64.6. The van der Waals surface area contributed by atoms with Crippen LogP contribution in [0.5, 0.6) is 0 Å². The van der Waals surface area contributed by atoms with Crippen LogP contribution in [0.4, 0.5) is 0 Å². The van der Waals surface area contributed by atoms with Gasteiger partial charge in [0.15, 0.2) is 6.29 Å². The second-order valence-corrected chi connectivity index (χ2v) is 16.4. The maximum absolute atomic E-state index is 13.0. The first kappa shape index (κ1) is 49.6. The molecule has 1 aliphatic rings. The number of ether oxygens (including phenoxy) is 2. The number of nitrogens with one attached hydrogen (secondary N) is 1. The molecule has 0 aromatic rings. The molecule has 1 saturated heterocycles. The number of aliphatic hydroxyl groups is 6. The van der Waals surface area contributed by atoms with E-state index in [-0.39, 0.29) is 6.61 Å². The zero-order valence-corrected chi connectivity index (χ0v) is 34.2. The van der Waals surface area contributed by atoms with E-state index in [0.717, 1.165) is 43.9 Å². The van der Waals surface area contributed by atoms with Gasteiger partial charge < -0.3 is 45.4 Å². The number of amides is 1. The van der Waals surface area contributed by atoms with Crippen LogP contribution in [0, 0.1) is 11.8 Å². The Kier molecular flexibility index (Phi) is 28.9. The topological polar surface area (TPSA) is 169 Å².